The average molecular weight is 436 g/mol. The summed E-state index contributed by atoms with van der Waals surface area (Å²) in [6.45, 7) is 12.8. The second kappa shape index (κ2) is 19.4. The van der Waals surface area contributed by atoms with Gasteiger partial charge in [0.2, 0.25) is 0 Å². The Morgan fingerprint density at radius 3 is 2.48 bits per heavy atom. The van der Waals surface area contributed by atoms with Crippen molar-refractivity contribution in [3.05, 3.63) is 25.0 Å². The van der Waals surface area contributed by atoms with Crippen LogP contribution in [0.5, 0.6) is 0 Å². The Morgan fingerprint density at radius 2 is 1.83 bits per heavy atom. The maximum atomic E-state index is 9.53. The predicted octanol–water partition coefficient (Wildman–Crippen LogP) is 4.01. The second-order valence-corrected chi connectivity index (χ2v) is 8.49. The molecular weight excluding hydrogens is 393 g/mol. The standard InChI is InChI=1S/C21H42NO6P/c1-6-7-8-9-10-11-12-13-19(2)25-16-21(28-20(3)24)17-27-29(5)26-15-14-22(4)18-23/h6,20-21,23-24H,1-2,7-18H2,3-5H3. The zero-order chi connectivity index (χ0) is 21.9. The lowest BCUT2D eigenvalue weighted by Gasteiger charge is -2.23. The van der Waals surface area contributed by atoms with Crippen LogP contribution in [0.15, 0.2) is 25.0 Å². The molecule has 0 saturated heterocycles. The Bertz CT molecular complexity index is 411. The van der Waals surface area contributed by atoms with Gasteiger partial charge in [-0.25, -0.2) is 0 Å². The van der Waals surface area contributed by atoms with Gasteiger partial charge in [-0.2, -0.15) is 0 Å². The van der Waals surface area contributed by atoms with Crippen molar-refractivity contribution in [2.75, 3.05) is 46.8 Å². The number of hydrogen-bond acceptors (Lipinski definition) is 7. The van der Waals surface area contributed by atoms with E-state index in [-0.39, 0.29) is 19.9 Å². The zero-order valence-electron chi connectivity index (χ0n) is 18.6. The molecule has 0 radical (unpaired) electrons. The molecule has 0 aromatic carbocycles. The lowest BCUT2D eigenvalue weighted by Crippen LogP contribution is -2.29. The number of hydrogen-bond donors (Lipinski definition) is 2. The van der Waals surface area contributed by atoms with Crippen molar-refractivity contribution in [3.8, 4) is 0 Å². The van der Waals surface area contributed by atoms with Crippen LogP contribution in [0.2, 0.25) is 0 Å². The minimum Gasteiger partial charge on any atom is -0.496 e. The number of nitrogens with zero attached hydrogens (tertiary/aromatic N) is 1. The van der Waals surface area contributed by atoms with E-state index in [1.165, 1.54) is 25.7 Å². The molecule has 0 heterocycles. The van der Waals surface area contributed by atoms with Crippen LogP contribution in [0.1, 0.15) is 51.9 Å². The zero-order valence-corrected chi connectivity index (χ0v) is 19.4. The number of aliphatic hydroxyl groups excluding tert-OH is 2. The lowest BCUT2D eigenvalue weighted by atomic mass is 10.1. The Hall–Kier alpha value is -0.530. The summed E-state index contributed by atoms with van der Waals surface area (Å²) in [7, 11) is 0.735. The van der Waals surface area contributed by atoms with Crippen molar-refractivity contribution in [1.29, 1.82) is 0 Å². The quantitative estimate of drug-likeness (QED) is 0.0927. The fourth-order valence-electron chi connectivity index (χ4n) is 2.45. The molecule has 0 saturated carbocycles. The van der Waals surface area contributed by atoms with Gasteiger partial charge in [0.25, 0.3) is 0 Å². The Morgan fingerprint density at radius 1 is 1.14 bits per heavy atom. The van der Waals surface area contributed by atoms with Crippen LogP contribution >= 0.6 is 8.38 Å². The monoisotopic (exact) mass is 435 g/mol. The summed E-state index contributed by atoms with van der Waals surface area (Å²) in [5.74, 6) is 0.734. The van der Waals surface area contributed by atoms with E-state index >= 15 is 0 Å². The molecule has 0 amide bonds. The maximum Gasteiger partial charge on any atom is 0.167 e. The predicted molar refractivity (Wildman–Crippen MR) is 119 cm³/mol. The largest absolute Gasteiger partial charge is 0.496 e. The minimum absolute atomic E-state index is 0.00725. The molecule has 7 nitrogen and oxygen atoms in total. The summed E-state index contributed by atoms with van der Waals surface area (Å²) in [4.78, 5) is 1.74. The number of likely N-dealkylation sites (N-methyl/N-ethyl adjacent to an activating group) is 1. The molecule has 0 aromatic rings. The summed E-state index contributed by atoms with van der Waals surface area (Å²) in [6.07, 6.45) is 8.46. The van der Waals surface area contributed by atoms with E-state index < -0.39 is 20.8 Å². The van der Waals surface area contributed by atoms with Crippen molar-refractivity contribution in [3.63, 3.8) is 0 Å². The summed E-state index contributed by atoms with van der Waals surface area (Å²) < 4.78 is 22.5. The van der Waals surface area contributed by atoms with Gasteiger partial charge < -0.3 is 28.7 Å². The number of ether oxygens (including phenoxy) is 2. The molecule has 0 aromatic heterocycles. The third-order valence-corrected chi connectivity index (χ3v) is 5.22. The topological polar surface area (TPSA) is 80.6 Å². The van der Waals surface area contributed by atoms with Crippen LogP contribution in [-0.4, -0.2) is 74.3 Å². The van der Waals surface area contributed by atoms with Crippen LogP contribution in [0.3, 0.4) is 0 Å². The summed E-state index contributed by atoms with van der Waals surface area (Å²) in [5.41, 5.74) is 0. The number of unbranched alkanes of at least 4 members (excludes halogenated alkanes) is 5. The van der Waals surface area contributed by atoms with Gasteiger partial charge in [0.1, 0.15) is 12.7 Å². The van der Waals surface area contributed by atoms with Gasteiger partial charge in [-0.05, 0) is 33.2 Å². The van der Waals surface area contributed by atoms with Gasteiger partial charge in [-0.15, -0.1) is 6.58 Å². The number of allylic oxidation sites excluding steroid dienone is 2. The highest BCUT2D eigenvalue weighted by Crippen LogP contribution is 2.33. The van der Waals surface area contributed by atoms with Gasteiger partial charge >= 0.3 is 0 Å². The van der Waals surface area contributed by atoms with E-state index in [2.05, 4.69) is 13.2 Å². The molecule has 0 spiro atoms. The smallest absolute Gasteiger partial charge is 0.167 e. The van der Waals surface area contributed by atoms with E-state index in [0.717, 1.165) is 25.0 Å². The highest BCUT2D eigenvalue weighted by atomic mass is 31.2. The summed E-state index contributed by atoms with van der Waals surface area (Å²) in [6, 6.07) is 0. The van der Waals surface area contributed by atoms with Crippen LogP contribution in [0.25, 0.3) is 0 Å². The first-order valence-electron chi connectivity index (χ1n) is 10.4. The molecule has 172 valence electrons. The SMILES string of the molecule is C=CCCCCCCCC(=C)OCC(COP(C)OCCN(C)CO)OC(C)O. The Labute approximate surface area is 178 Å². The third kappa shape index (κ3) is 19.2. The molecule has 3 unspecified atom stereocenters. The van der Waals surface area contributed by atoms with Crippen molar-refractivity contribution < 1.29 is 28.7 Å². The van der Waals surface area contributed by atoms with E-state index in [1.54, 1.807) is 11.8 Å². The fraction of sp³-hybridized carbons (Fsp3) is 0.810. The first-order valence-corrected chi connectivity index (χ1v) is 12.1. The fourth-order valence-corrected chi connectivity index (χ4v) is 3.24. The van der Waals surface area contributed by atoms with Crippen LogP contribution < -0.4 is 0 Å². The molecule has 2 N–H and O–H groups in total. The number of rotatable bonds is 21. The second-order valence-electron chi connectivity index (χ2n) is 7.09. The van der Waals surface area contributed by atoms with E-state index in [9.17, 15) is 5.11 Å². The summed E-state index contributed by atoms with van der Waals surface area (Å²) in [5, 5.41) is 18.5. The molecule has 0 aliphatic rings. The average Bonchev–Trinajstić information content (AvgIpc) is 2.68. The van der Waals surface area contributed by atoms with Gasteiger partial charge in [-0.3, -0.25) is 4.90 Å². The van der Waals surface area contributed by atoms with Crippen molar-refractivity contribution in [2.24, 2.45) is 0 Å². The van der Waals surface area contributed by atoms with Gasteiger partial charge in [0, 0.05) is 19.6 Å². The van der Waals surface area contributed by atoms with Gasteiger partial charge in [0.15, 0.2) is 14.7 Å². The molecule has 0 fully saturated rings. The molecule has 8 heteroatoms. The van der Waals surface area contributed by atoms with E-state index in [0.29, 0.717) is 13.2 Å². The van der Waals surface area contributed by atoms with Crippen LogP contribution in [-0.2, 0) is 18.5 Å². The van der Waals surface area contributed by atoms with Gasteiger partial charge in [-0.1, -0.05) is 31.9 Å². The summed E-state index contributed by atoms with van der Waals surface area (Å²) >= 11 is 0. The van der Waals surface area contributed by atoms with E-state index in [1.807, 2.05) is 19.8 Å². The molecule has 0 bridgehead atoms. The highest BCUT2D eigenvalue weighted by Gasteiger charge is 2.16. The first-order chi connectivity index (χ1) is 13.9. The molecule has 0 rings (SSSR count). The minimum atomic E-state index is -1.07. The molecule has 0 aliphatic heterocycles. The Kier molecular flexibility index (Phi) is 19.1. The first kappa shape index (κ1) is 28.5. The van der Waals surface area contributed by atoms with E-state index in [4.69, 9.17) is 23.6 Å². The number of aliphatic hydroxyl groups is 2. The van der Waals surface area contributed by atoms with Crippen LogP contribution in [0.4, 0.5) is 0 Å². The van der Waals surface area contributed by atoms with Crippen LogP contribution in [0, 0.1) is 0 Å². The highest BCUT2D eigenvalue weighted by molar-refractivity contribution is 7.46. The lowest BCUT2D eigenvalue weighted by molar-refractivity contribution is -0.146. The molecule has 0 aliphatic carbocycles. The maximum absolute atomic E-state index is 9.53. The van der Waals surface area contributed by atoms with Crippen molar-refractivity contribution >= 4 is 8.38 Å². The molecule has 29 heavy (non-hydrogen) atoms. The molecular formula is C21H42NO6P. The van der Waals surface area contributed by atoms with Crippen molar-refractivity contribution in [2.45, 2.75) is 64.3 Å². The van der Waals surface area contributed by atoms with Crippen molar-refractivity contribution in [1.82, 2.24) is 4.90 Å². The van der Waals surface area contributed by atoms with Gasteiger partial charge in [0.05, 0.1) is 25.7 Å². The normalized spacial score (nSPS) is 14.6. The Balaban J connectivity index is 3.99. The third-order valence-electron chi connectivity index (χ3n) is 4.16. The molecule has 3 atom stereocenters.